The van der Waals surface area contributed by atoms with Gasteiger partial charge >= 0.3 is 0 Å². The molecule has 3 aromatic heterocycles. The predicted molar refractivity (Wildman–Crippen MR) is 124 cm³/mol. The molecule has 0 atom stereocenters. The van der Waals surface area contributed by atoms with E-state index in [0.717, 1.165) is 33.4 Å². The number of pyridine rings is 1. The highest BCUT2D eigenvalue weighted by Crippen LogP contribution is 2.25. The number of amides is 1. The number of aromatic nitrogens is 5. The molecule has 1 aromatic carbocycles. The van der Waals surface area contributed by atoms with E-state index in [-0.39, 0.29) is 11.3 Å². The van der Waals surface area contributed by atoms with Gasteiger partial charge in [-0.15, -0.1) is 5.10 Å². The molecule has 0 fully saturated rings. The van der Waals surface area contributed by atoms with Crippen molar-refractivity contribution in [2.75, 3.05) is 6.54 Å². The van der Waals surface area contributed by atoms with Crippen LogP contribution in [-0.2, 0) is 18.4 Å². The maximum Gasteiger partial charge on any atom is 0.253 e. The van der Waals surface area contributed by atoms with Gasteiger partial charge in [0.1, 0.15) is 6.54 Å². The normalized spacial score (nSPS) is 11.8. The summed E-state index contributed by atoms with van der Waals surface area (Å²) in [5, 5.41) is 16.4. The SMILES string of the molecule is CC(C)(C)c1cc(Cn2cc(CCCNC(=O)c3ccc(Br)c4cccnc34)nn2)on1. The molecule has 4 rings (SSSR count). The van der Waals surface area contributed by atoms with Crippen molar-refractivity contribution < 1.29 is 9.32 Å². The third kappa shape index (κ3) is 5.04. The summed E-state index contributed by atoms with van der Waals surface area (Å²) in [6, 6.07) is 9.41. The first kappa shape index (κ1) is 22.1. The van der Waals surface area contributed by atoms with E-state index in [1.54, 1.807) is 16.9 Å². The molecule has 166 valence electrons. The largest absolute Gasteiger partial charge is 0.359 e. The van der Waals surface area contributed by atoms with Gasteiger partial charge in [-0.3, -0.25) is 9.78 Å². The number of aryl methyl sites for hydroxylation is 1. The fourth-order valence-electron chi connectivity index (χ4n) is 3.32. The molecule has 0 radical (unpaired) electrons. The number of fused-ring (bicyclic) bond motifs is 1. The minimum absolute atomic E-state index is 0.0572. The van der Waals surface area contributed by atoms with Crippen molar-refractivity contribution in [3.05, 3.63) is 69.9 Å². The average Bonchev–Trinajstić information content (AvgIpc) is 3.41. The van der Waals surface area contributed by atoms with Crippen LogP contribution in [0.1, 0.15) is 54.7 Å². The summed E-state index contributed by atoms with van der Waals surface area (Å²) >= 11 is 3.51. The number of halogens is 1. The number of nitrogens with one attached hydrogen (secondary N) is 1. The number of hydrogen-bond acceptors (Lipinski definition) is 6. The molecule has 4 aromatic rings. The van der Waals surface area contributed by atoms with Crippen molar-refractivity contribution in [2.24, 2.45) is 0 Å². The molecule has 1 N–H and O–H groups in total. The molecule has 32 heavy (non-hydrogen) atoms. The summed E-state index contributed by atoms with van der Waals surface area (Å²) in [5.74, 6) is 0.610. The summed E-state index contributed by atoms with van der Waals surface area (Å²) in [4.78, 5) is 17.0. The first-order valence-corrected chi connectivity index (χ1v) is 11.3. The highest BCUT2D eigenvalue weighted by Gasteiger charge is 2.19. The van der Waals surface area contributed by atoms with Gasteiger partial charge in [0, 0.05) is 40.3 Å². The highest BCUT2D eigenvalue weighted by molar-refractivity contribution is 9.10. The third-order valence-electron chi connectivity index (χ3n) is 5.09. The van der Waals surface area contributed by atoms with Crippen LogP contribution >= 0.6 is 15.9 Å². The number of rotatable bonds is 7. The molecule has 0 bridgehead atoms. The molecule has 0 saturated carbocycles. The van der Waals surface area contributed by atoms with Crippen LogP contribution in [0, 0.1) is 0 Å². The van der Waals surface area contributed by atoms with E-state index in [0.29, 0.717) is 30.6 Å². The van der Waals surface area contributed by atoms with Gasteiger partial charge in [0.25, 0.3) is 5.91 Å². The number of carbonyl (C=O) groups excluding carboxylic acids is 1. The minimum Gasteiger partial charge on any atom is -0.359 e. The van der Waals surface area contributed by atoms with E-state index in [4.69, 9.17) is 4.52 Å². The first-order chi connectivity index (χ1) is 15.3. The zero-order chi connectivity index (χ0) is 22.7. The Kier molecular flexibility index (Phi) is 6.36. The number of nitrogens with zero attached hydrogens (tertiary/aromatic N) is 5. The number of carbonyl (C=O) groups is 1. The lowest BCUT2D eigenvalue weighted by molar-refractivity contribution is 0.0954. The Balaban J connectivity index is 1.29. The summed E-state index contributed by atoms with van der Waals surface area (Å²) in [6.45, 7) is 7.30. The van der Waals surface area contributed by atoms with Crippen LogP contribution in [0.15, 0.2) is 51.7 Å². The molecule has 0 unspecified atom stereocenters. The van der Waals surface area contributed by atoms with Crippen molar-refractivity contribution in [3.8, 4) is 0 Å². The summed E-state index contributed by atoms with van der Waals surface area (Å²) in [5.41, 5.74) is 2.97. The van der Waals surface area contributed by atoms with E-state index in [2.05, 4.69) is 62.5 Å². The lowest BCUT2D eigenvalue weighted by Gasteiger charge is -2.12. The average molecular weight is 497 g/mol. The van der Waals surface area contributed by atoms with Gasteiger partial charge in [-0.25, -0.2) is 4.68 Å². The van der Waals surface area contributed by atoms with E-state index >= 15 is 0 Å². The van der Waals surface area contributed by atoms with E-state index in [1.165, 1.54) is 0 Å². The fourth-order valence-corrected chi connectivity index (χ4v) is 3.77. The van der Waals surface area contributed by atoms with E-state index in [9.17, 15) is 4.79 Å². The van der Waals surface area contributed by atoms with Crippen molar-refractivity contribution in [1.82, 2.24) is 30.5 Å². The van der Waals surface area contributed by atoms with Crippen molar-refractivity contribution in [1.29, 1.82) is 0 Å². The molecular weight excluding hydrogens is 472 g/mol. The molecule has 0 spiro atoms. The number of benzene rings is 1. The zero-order valence-electron chi connectivity index (χ0n) is 18.3. The van der Waals surface area contributed by atoms with Gasteiger partial charge in [0.2, 0.25) is 0 Å². The predicted octanol–water partition coefficient (Wildman–Crippen LogP) is 4.29. The van der Waals surface area contributed by atoms with Crippen LogP contribution in [0.5, 0.6) is 0 Å². The summed E-state index contributed by atoms with van der Waals surface area (Å²) in [6.07, 6.45) is 5.05. The Morgan fingerprint density at radius 1 is 1.25 bits per heavy atom. The molecule has 0 aliphatic rings. The molecule has 0 aliphatic carbocycles. The second kappa shape index (κ2) is 9.20. The Labute approximate surface area is 194 Å². The second-order valence-corrected chi connectivity index (χ2v) is 9.54. The van der Waals surface area contributed by atoms with Gasteiger partial charge in [-0.05, 0) is 31.0 Å². The Morgan fingerprint density at radius 3 is 2.88 bits per heavy atom. The Morgan fingerprint density at radius 2 is 2.09 bits per heavy atom. The quantitative estimate of drug-likeness (QED) is 0.383. The second-order valence-electron chi connectivity index (χ2n) is 8.69. The van der Waals surface area contributed by atoms with Crippen LogP contribution in [0.4, 0.5) is 0 Å². The molecule has 3 heterocycles. The molecule has 1 amide bonds. The van der Waals surface area contributed by atoms with Crippen LogP contribution in [0.25, 0.3) is 10.9 Å². The van der Waals surface area contributed by atoms with Crippen LogP contribution in [-0.4, -0.2) is 37.6 Å². The smallest absolute Gasteiger partial charge is 0.253 e. The highest BCUT2D eigenvalue weighted by atomic mass is 79.9. The van der Waals surface area contributed by atoms with Gasteiger partial charge < -0.3 is 9.84 Å². The van der Waals surface area contributed by atoms with E-state index < -0.39 is 0 Å². The maximum absolute atomic E-state index is 12.6. The first-order valence-electron chi connectivity index (χ1n) is 10.5. The van der Waals surface area contributed by atoms with E-state index in [1.807, 2.05) is 30.5 Å². The maximum atomic E-state index is 12.6. The van der Waals surface area contributed by atoms with Gasteiger partial charge in [0.15, 0.2) is 5.76 Å². The lowest BCUT2D eigenvalue weighted by Crippen LogP contribution is -2.25. The van der Waals surface area contributed by atoms with Gasteiger partial charge in [-0.1, -0.05) is 53.1 Å². The Hall–Kier alpha value is -3.07. The minimum atomic E-state index is -0.134. The monoisotopic (exact) mass is 496 g/mol. The molecule has 9 heteroatoms. The third-order valence-corrected chi connectivity index (χ3v) is 5.78. The molecule has 0 aliphatic heterocycles. The van der Waals surface area contributed by atoms with Crippen molar-refractivity contribution >= 4 is 32.7 Å². The fraction of sp³-hybridized carbons (Fsp3) is 0.348. The summed E-state index contributed by atoms with van der Waals surface area (Å²) < 4.78 is 8.07. The van der Waals surface area contributed by atoms with Crippen LogP contribution in [0.2, 0.25) is 0 Å². The van der Waals surface area contributed by atoms with Gasteiger partial charge in [-0.2, -0.15) is 0 Å². The summed E-state index contributed by atoms with van der Waals surface area (Å²) in [7, 11) is 0. The van der Waals surface area contributed by atoms with Crippen LogP contribution < -0.4 is 5.32 Å². The standard InChI is InChI=1S/C23H25BrN6O2/c1-23(2,3)20-12-16(32-28-20)14-30-13-15(27-29-30)6-4-11-26-22(31)18-8-9-19(24)17-7-5-10-25-21(17)18/h5,7-10,12-13H,4,6,11,14H2,1-3H3,(H,26,31). The topological polar surface area (TPSA) is 98.7 Å². The number of hydrogen-bond donors (Lipinski definition) is 1. The van der Waals surface area contributed by atoms with Gasteiger partial charge in [0.05, 0.1) is 22.5 Å². The zero-order valence-corrected chi connectivity index (χ0v) is 19.9. The molecular formula is C23H25BrN6O2. The van der Waals surface area contributed by atoms with Crippen molar-refractivity contribution in [3.63, 3.8) is 0 Å². The molecule has 8 nitrogen and oxygen atoms in total. The Bertz CT molecular complexity index is 1240. The van der Waals surface area contributed by atoms with Crippen LogP contribution in [0.3, 0.4) is 0 Å². The van der Waals surface area contributed by atoms with Crippen molar-refractivity contribution in [2.45, 2.75) is 45.6 Å². The molecule has 0 saturated heterocycles. The lowest BCUT2D eigenvalue weighted by atomic mass is 9.92.